The lowest BCUT2D eigenvalue weighted by Crippen LogP contribution is -2.54. The first-order chi connectivity index (χ1) is 11.8. The van der Waals surface area contributed by atoms with Gasteiger partial charge in [0.05, 0.1) is 0 Å². The minimum atomic E-state index is -0.825. The molecule has 1 saturated heterocycles. The van der Waals surface area contributed by atoms with E-state index >= 15 is 0 Å². The summed E-state index contributed by atoms with van der Waals surface area (Å²) in [6.07, 6.45) is 3.54. The molecule has 0 radical (unpaired) electrons. The second-order valence-electron chi connectivity index (χ2n) is 6.95. The molecule has 1 saturated carbocycles. The highest BCUT2D eigenvalue weighted by molar-refractivity contribution is 14.1. The summed E-state index contributed by atoms with van der Waals surface area (Å²) < 4.78 is 1.08. The predicted octanol–water partition coefficient (Wildman–Crippen LogP) is 3.04. The van der Waals surface area contributed by atoms with Crippen LogP contribution in [0.1, 0.15) is 38.2 Å². The average molecular weight is 455 g/mol. The van der Waals surface area contributed by atoms with Crippen molar-refractivity contribution in [2.24, 2.45) is 5.92 Å². The van der Waals surface area contributed by atoms with Crippen LogP contribution in [0.4, 0.5) is 10.5 Å². The fraction of sp³-hybridized carbons (Fsp3) is 0.500. The number of nitrogens with one attached hydrogen (secondary N) is 2. The van der Waals surface area contributed by atoms with Gasteiger partial charge in [-0.3, -0.25) is 14.5 Å². The van der Waals surface area contributed by atoms with Gasteiger partial charge >= 0.3 is 6.03 Å². The summed E-state index contributed by atoms with van der Waals surface area (Å²) in [7, 11) is 0. The van der Waals surface area contributed by atoms with Crippen molar-refractivity contribution >= 4 is 46.1 Å². The molecule has 2 N–H and O–H groups in total. The van der Waals surface area contributed by atoms with Crippen molar-refractivity contribution in [3.05, 3.63) is 27.3 Å². The maximum atomic E-state index is 12.9. The molecule has 25 heavy (non-hydrogen) atoms. The fourth-order valence-corrected chi connectivity index (χ4v) is 4.39. The highest BCUT2D eigenvalue weighted by atomic mass is 127. The molecule has 1 heterocycles. The summed E-state index contributed by atoms with van der Waals surface area (Å²) in [5, 5.41) is 5.66. The minimum absolute atomic E-state index is 0.0872. The Balaban J connectivity index is 1.71. The first-order valence-electron chi connectivity index (χ1n) is 8.53. The van der Waals surface area contributed by atoms with Gasteiger partial charge in [0.1, 0.15) is 12.1 Å². The van der Waals surface area contributed by atoms with Crippen LogP contribution in [0.3, 0.4) is 0 Å². The molecule has 2 fully saturated rings. The van der Waals surface area contributed by atoms with E-state index in [0.29, 0.717) is 12.1 Å². The smallest absolute Gasteiger partial charge is 0.324 e. The van der Waals surface area contributed by atoms with Gasteiger partial charge in [-0.25, -0.2) is 4.79 Å². The van der Waals surface area contributed by atoms with Crippen LogP contribution in [0.5, 0.6) is 0 Å². The first-order valence-corrected chi connectivity index (χ1v) is 9.61. The number of anilines is 1. The molecule has 1 aromatic rings. The third-order valence-electron chi connectivity index (χ3n) is 5.27. The number of carbonyl (C=O) groups is 3. The Morgan fingerprint density at radius 3 is 2.84 bits per heavy atom. The van der Waals surface area contributed by atoms with Crippen LogP contribution in [0, 0.1) is 16.4 Å². The SMILES string of the molecule is Cc1cc(I)ccc1NC(=O)CN1C(=O)N[C@@]2(CCCC[C@@H]2C)C1=O. The van der Waals surface area contributed by atoms with Crippen LogP contribution < -0.4 is 10.6 Å². The molecule has 1 aromatic carbocycles. The van der Waals surface area contributed by atoms with Crippen molar-refractivity contribution in [3.63, 3.8) is 0 Å². The van der Waals surface area contributed by atoms with Crippen LogP contribution in [0.25, 0.3) is 0 Å². The van der Waals surface area contributed by atoms with E-state index in [9.17, 15) is 14.4 Å². The number of imide groups is 1. The molecule has 0 unspecified atom stereocenters. The number of hydrogen-bond donors (Lipinski definition) is 2. The number of benzene rings is 1. The van der Waals surface area contributed by atoms with Crippen LogP contribution in [0.15, 0.2) is 18.2 Å². The van der Waals surface area contributed by atoms with Gasteiger partial charge in [0.25, 0.3) is 5.91 Å². The van der Waals surface area contributed by atoms with E-state index in [1.807, 2.05) is 32.0 Å². The van der Waals surface area contributed by atoms with Crippen LogP contribution in [-0.2, 0) is 9.59 Å². The van der Waals surface area contributed by atoms with Gasteiger partial charge in [-0.05, 0) is 72.0 Å². The number of rotatable bonds is 3. The highest BCUT2D eigenvalue weighted by Gasteiger charge is 2.55. The molecule has 2 aliphatic rings. The molecule has 4 amide bonds. The topological polar surface area (TPSA) is 78.5 Å². The maximum absolute atomic E-state index is 12.9. The van der Waals surface area contributed by atoms with Gasteiger partial charge in [0.2, 0.25) is 5.91 Å². The first kappa shape index (κ1) is 18.2. The van der Waals surface area contributed by atoms with Crippen molar-refractivity contribution in [2.45, 2.75) is 45.1 Å². The lowest BCUT2D eigenvalue weighted by Gasteiger charge is -2.36. The van der Waals surface area contributed by atoms with Crippen LogP contribution in [0.2, 0.25) is 0 Å². The number of halogens is 1. The minimum Gasteiger partial charge on any atom is -0.324 e. The van der Waals surface area contributed by atoms with Crippen LogP contribution >= 0.6 is 22.6 Å². The van der Waals surface area contributed by atoms with Gasteiger partial charge in [-0.15, -0.1) is 0 Å². The molecule has 1 aliphatic carbocycles. The zero-order valence-corrected chi connectivity index (χ0v) is 16.6. The Hall–Kier alpha value is -1.64. The molecule has 1 aliphatic heterocycles. The second-order valence-corrected chi connectivity index (χ2v) is 8.19. The fourth-order valence-electron chi connectivity index (χ4n) is 3.74. The molecule has 2 atom stereocenters. The van der Waals surface area contributed by atoms with Crippen LogP contribution in [-0.4, -0.2) is 34.8 Å². The van der Waals surface area contributed by atoms with Gasteiger partial charge < -0.3 is 10.6 Å². The zero-order chi connectivity index (χ0) is 18.2. The molecule has 134 valence electrons. The van der Waals surface area contributed by atoms with E-state index in [4.69, 9.17) is 0 Å². The predicted molar refractivity (Wildman–Crippen MR) is 103 cm³/mol. The number of carbonyl (C=O) groups excluding carboxylic acids is 3. The lowest BCUT2D eigenvalue weighted by atomic mass is 9.73. The summed E-state index contributed by atoms with van der Waals surface area (Å²) in [5.41, 5.74) is 0.807. The second kappa shape index (κ2) is 6.93. The van der Waals surface area contributed by atoms with Gasteiger partial charge in [0.15, 0.2) is 0 Å². The third-order valence-corrected chi connectivity index (χ3v) is 5.94. The number of aryl methyl sites for hydroxylation is 1. The number of nitrogens with zero attached hydrogens (tertiary/aromatic N) is 1. The van der Waals surface area contributed by atoms with Gasteiger partial charge in [-0.2, -0.15) is 0 Å². The van der Waals surface area contributed by atoms with E-state index in [0.717, 1.165) is 33.3 Å². The zero-order valence-electron chi connectivity index (χ0n) is 14.4. The van der Waals surface area contributed by atoms with E-state index in [-0.39, 0.29) is 24.3 Å². The summed E-state index contributed by atoms with van der Waals surface area (Å²) in [6, 6.07) is 5.22. The molecular formula is C18H22IN3O3. The molecular weight excluding hydrogens is 433 g/mol. The average Bonchev–Trinajstić information content (AvgIpc) is 2.78. The standard InChI is InChI=1S/C18H22IN3O3/c1-11-9-13(19)6-7-14(11)20-15(23)10-22-16(24)18(21-17(22)25)8-4-3-5-12(18)2/h6-7,9,12H,3-5,8,10H2,1-2H3,(H,20,23)(H,21,25)/t12-,18+/m0/s1. The largest absolute Gasteiger partial charge is 0.325 e. The summed E-state index contributed by atoms with van der Waals surface area (Å²) in [6.45, 7) is 3.64. The van der Waals surface area contributed by atoms with Crippen molar-refractivity contribution < 1.29 is 14.4 Å². The molecule has 0 aromatic heterocycles. The Morgan fingerprint density at radius 1 is 1.40 bits per heavy atom. The summed E-state index contributed by atoms with van der Waals surface area (Å²) in [4.78, 5) is 38.6. The highest BCUT2D eigenvalue weighted by Crippen LogP contribution is 2.38. The molecule has 1 spiro atoms. The maximum Gasteiger partial charge on any atom is 0.325 e. The lowest BCUT2D eigenvalue weighted by molar-refractivity contribution is -0.136. The molecule has 6 nitrogen and oxygen atoms in total. The van der Waals surface area contributed by atoms with E-state index in [1.54, 1.807) is 0 Å². The summed E-state index contributed by atoms with van der Waals surface area (Å²) in [5.74, 6) is -0.545. The normalized spacial score (nSPS) is 26.0. The van der Waals surface area contributed by atoms with Gasteiger partial charge in [0, 0.05) is 9.26 Å². The Kier molecular flexibility index (Phi) is 5.04. The number of urea groups is 1. The van der Waals surface area contributed by atoms with E-state index < -0.39 is 11.6 Å². The quantitative estimate of drug-likeness (QED) is 0.544. The van der Waals surface area contributed by atoms with Gasteiger partial charge in [-0.1, -0.05) is 19.8 Å². The third kappa shape index (κ3) is 3.38. The monoisotopic (exact) mass is 455 g/mol. The van der Waals surface area contributed by atoms with Crippen molar-refractivity contribution in [3.8, 4) is 0 Å². The Bertz CT molecular complexity index is 736. The number of hydrogen-bond acceptors (Lipinski definition) is 3. The molecule has 0 bridgehead atoms. The van der Waals surface area contributed by atoms with E-state index in [2.05, 4.69) is 33.2 Å². The summed E-state index contributed by atoms with van der Waals surface area (Å²) >= 11 is 2.21. The van der Waals surface area contributed by atoms with Crippen molar-refractivity contribution in [1.82, 2.24) is 10.2 Å². The number of amides is 4. The van der Waals surface area contributed by atoms with Crippen molar-refractivity contribution in [1.29, 1.82) is 0 Å². The molecule has 7 heteroatoms. The Labute approximate surface area is 160 Å². The molecule has 3 rings (SSSR count). The van der Waals surface area contributed by atoms with E-state index in [1.165, 1.54) is 0 Å². The van der Waals surface area contributed by atoms with Crippen molar-refractivity contribution in [2.75, 3.05) is 11.9 Å². The Morgan fingerprint density at radius 2 is 2.16 bits per heavy atom.